The summed E-state index contributed by atoms with van der Waals surface area (Å²) in [7, 11) is -3.89. The van der Waals surface area contributed by atoms with E-state index in [1.807, 2.05) is 19.2 Å². The lowest BCUT2D eigenvalue weighted by molar-refractivity contribution is -0.258. The molecule has 1 saturated heterocycles. The highest BCUT2D eigenvalue weighted by Crippen LogP contribution is 2.42. The molecule has 2 aliphatic rings. The molecule has 10 heteroatoms. The molecule has 0 radical (unpaired) electrons. The van der Waals surface area contributed by atoms with E-state index in [4.69, 9.17) is 0 Å². The molecule has 1 unspecified atom stereocenters. The van der Waals surface area contributed by atoms with Crippen molar-refractivity contribution in [2.45, 2.75) is 67.7 Å². The Labute approximate surface area is 204 Å². The molecule has 2 aromatic rings. The first-order chi connectivity index (χ1) is 16.4. The summed E-state index contributed by atoms with van der Waals surface area (Å²) in [6.07, 6.45) is 3.33. The van der Waals surface area contributed by atoms with E-state index < -0.39 is 27.4 Å². The summed E-state index contributed by atoms with van der Waals surface area (Å²) in [6, 6.07) is 8.13. The number of halogens is 3. The van der Waals surface area contributed by atoms with Crippen LogP contribution in [-0.2, 0) is 21.0 Å². The fourth-order valence-electron chi connectivity index (χ4n) is 5.46. The highest BCUT2D eigenvalue weighted by atomic mass is 32.2. The maximum atomic E-state index is 13.3. The fraction of sp³-hybridized carbons (Fsp3) is 0.560. The Morgan fingerprint density at radius 1 is 1.11 bits per heavy atom. The molecule has 0 spiro atoms. The summed E-state index contributed by atoms with van der Waals surface area (Å²) in [5.74, 6) is 0. The van der Waals surface area contributed by atoms with E-state index in [9.17, 15) is 26.7 Å². The number of alkyl halides is 3. The second-order valence-corrected chi connectivity index (χ2v) is 11.9. The molecule has 2 fully saturated rings. The van der Waals surface area contributed by atoms with Crippen LogP contribution in [0.2, 0.25) is 0 Å². The molecule has 4 rings (SSSR count). The van der Waals surface area contributed by atoms with Crippen LogP contribution < -0.4 is 0 Å². The van der Waals surface area contributed by atoms with Crippen LogP contribution in [0.4, 0.5) is 13.2 Å². The van der Waals surface area contributed by atoms with Crippen LogP contribution in [0.15, 0.2) is 53.7 Å². The number of rotatable bonds is 6. The third-order valence-electron chi connectivity index (χ3n) is 7.59. The summed E-state index contributed by atoms with van der Waals surface area (Å²) < 4.78 is 67.4. The lowest BCUT2D eigenvalue weighted by Crippen LogP contribution is -2.56. The van der Waals surface area contributed by atoms with E-state index in [2.05, 4.69) is 16.0 Å². The molecule has 6 nitrogen and oxygen atoms in total. The smallest absolute Gasteiger partial charge is 0.376 e. The van der Waals surface area contributed by atoms with Crippen LogP contribution in [0.1, 0.15) is 50.7 Å². The molecule has 1 aliphatic carbocycles. The number of hydrogen-bond acceptors (Lipinski definition) is 5. The van der Waals surface area contributed by atoms with Crippen molar-refractivity contribution in [2.75, 3.05) is 26.2 Å². The first-order valence-corrected chi connectivity index (χ1v) is 13.4. The zero-order valence-corrected chi connectivity index (χ0v) is 20.8. The quantitative estimate of drug-likeness (QED) is 0.633. The van der Waals surface area contributed by atoms with Gasteiger partial charge >= 0.3 is 6.18 Å². The van der Waals surface area contributed by atoms with Gasteiger partial charge in [-0.05, 0) is 56.0 Å². The summed E-state index contributed by atoms with van der Waals surface area (Å²) >= 11 is 0. The van der Waals surface area contributed by atoms with Gasteiger partial charge in [0.05, 0.1) is 4.90 Å². The number of sulfonamides is 1. The van der Waals surface area contributed by atoms with Crippen molar-refractivity contribution < 1.29 is 26.7 Å². The maximum Gasteiger partial charge on any atom is 0.421 e. The summed E-state index contributed by atoms with van der Waals surface area (Å²) in [6.45, 7) is 4.81. The number of benzene rings is 1. The van der Waals surface area contributed by atoms with Gasteiger partial charge in [0.25, 0.3) is 0 Å². The third kappa shape index (κ3) is 4.98. The number of hydrogen-bond donors (Lipinski definition) is 1. The highest BCUT2D eigenvalue weighted by molar-refractivity contribution is 7.89. The van der Waals surface area contributed by atoms with Crippen LogP contribution in [0.25, 0.3) is 0 Å². The van der Waals surface area contributed by atoms with Crippen LogP contribution in [0.3, 0.4) is 0 Å². The van der Waals surface area contributed by atoms with Crippen LogP contribution >= 0.6 is 0 Å². The van der Waals surface area contributed by atoms with Gasteiger partial charge in [-0.2, -0.15) is 17.5 Å². The molecule has 1 aliphatic heterocycles. The van der Waals surface area contributed by atoms with E-state index in [0.717, 1.165) is 56.5 Å². The molecule has 192 valence electrons. The second-order valence-electron chi connectivity index (χ2n) is 10.0. The SMILES string of the molecule is C[C@@H]1CN(CC2(c3cccnc3)CCCC2)CCN1S(=O)(=O)c1ccc(C(C)(O)C(F)(F)F)cc1. The summed E-state index contributed by atoms with van der Waals surface area (Å²) in [5, 5.41) is 9.86. The Balaban J connectivity index is 1.47. The first kappa shape index (κ1) is 26.1. The average Bonchev–Trinajstić information content (AvgIpc) is 3.28. The van der Waals surface area contributed by atoms with Gasteiger partial charge < -0.3 is 5.11 Å². The van der Waals surface area contributed by atoms with Gasteiger partial charge in [-0.25, -0.2) is 8.42 Å². The van der Waals surface area contributed by atoms with Crippen molar-refractivity contribution in [3.05, 3.63) is 59.9 Å². The molecule has 2 heterocycles. The summed E-state index contributed by atoms with van der Waals surface area (Å²) in [4.78, 5) is 6.55. The van der Waals surface area contributed by atoms with Gasteiger partial charge in [0, 0.05) is 50.0 Å². The lowest BCUT2D eigenvalue weighted by atomic mass is 9.79. The zero-order chi connectivity index (χ0) is 25.5. The van der Waals surface area contributed by atoms with E-state index in [-0.39, 0.29) is 16.4 Å². The number of aliphatic hydroxyl groups is 1. The number of aromatic nitrogens is 1. The number of pyridine rings is 1. The molecule has 1 saturated carbocycles. The van der Waals surface area contributed by atoms with Crippen LogP contribution in [0, 0.1) is 0 Å². The monoisotopic (exact) mass is 511 g/mol. The highest BCUT2D eigenvalue weighted by Gasteiger charge is 2.51. The van der Waals surface area contributed by atoms with Crippen molar-refractivity contribution in [2.24, 2.45) is 0 Å². The lowest BCUT2D eigenvalue weighted by Gasteiger charge is -2.43. The maximum absolute atomic E-state index is 13.3. The molecule has 1 aromatic carbocycles. The van der Waals surface area contributed by atoms with Gasteiger partial charge in [0.1, 0.15) is 0 Å². The molecule has 0 amide bonds. The third-order valence-corrected chi connectivity index (χ3v) is 9.61. The van der Waals surface area contributed by atoms with Gasteiger partial charge in [-0.1, -0.05) is 31.0 Å². The van der Waals surface area contributed by atoms with E-state index in [1.54, 1.807) is 6.20 Å². The molecule has 2 atom stereocenters. The van der Waals surface area contributed by atoms with E-state index in [1.165, 1.54) is 9.87 Å². The Hall–Kier alpha value is -2.01. The minimum Gasteiger partial charge on any atom is -0.376 e. The fourth-order valence-corrected chi connectivity index (χ4v) is 7.08. The minimum atomic E-state index is -4.87. The Bertz CT molecular complexity index is 1120. The van der Waals surface area contributed by atoms with Crippen LogP contribution in [0.5, 0.6) is 0 Å². The first-order valence-electron chi connectivity index (χ1n) is 11.9. The molecular weight excluding hydrogens is 479 g/mol. The zero-order valence-electron chi connectivity index (χ0n) is 20.0. The molecule has 1 aromatic heterocycles. The topological polar surface area (TPSA) is 73.7 Å². The second kappa shape index (κ2) is 9.46. The molecule has 0 bridgehead atoms. The molecule has 35 heavy (non-hydrogen) atoms. The average molecular weight is 512 g/mol. The van der Waals surface area contributed by atoms with Crippen molar-refractivity contribution in [3.8, 4) is 0 Å². The van der Waals surface area contributed by atoms with Crippen molar-refractivity contribution in [1.82, 2.24) is 14.2 Å². The normalized spacial score (nSPS) is 23.8. The van der Waals surface area contributed by atoms with Gasteiger partial charge in [0.2, 0.25) is 10.0 Å². The van der Waals surface area contributed by atoms with E-state index in [0.29, 0.717) is 26.6 Å². The number of piperazine rings is 1. The van der Waals surface area contributed by atoms with Gasteiger partial charge in [0.15, 0.2) is 5.60 Å². The Morgan fingerprint density at radius 2 is 1.77 bits per heavy atom. The van der Waals surface area contributed by atoms with Gasteiger partial charge in [-0.3, -0.25) is 9.88 Å². The Morgan fingerprint density at radius 3 is 2.31 bits per heavy atom. The Kier molecular flexibility index (Phi) is 7.04. The predicted octanol–water partition coefficient (Wildman–Crippen LogP) is 4.06. The predicted molar refractivity (Wildman–Crippen MR) is 126 cm³/mol. The largest absolute Gasteiger partial charge is 0.421 e. The van der Waals surface area contributed by atoms with Crippen molar-refractivity contribution in [1.29, 1.82) is 0 Å². The van der Waals surface area contributed by atoms with Crippen molar-refractivity contribution in [3.63, 3.8) is 0 Å². The molecule has 1 N–H and O–H groups in total. The molecular formula is C25H32F3N3O3S. The minimum absolute atomic E-state index is 0.0281. The van der Waals surface area contributed by atoms with E-state index >= 15 is 0 Å². The van der Waals surface area contributed by atoms with Gasteiger partial charge in [-0.15, -0.1) is 0 Å². The number of nitrogens with zero attached hydrogens (tertiary/aromatic N) is 3. The summed E-state index contributed by atoms with van der Waals surface area (Å²) in [5.41, 5.74) is -2.20. The standard InChI is InChI=1S/C25H32F3N3O3S/c1-19-17-30(18-24(11-3-4-12-24)21-6-5-13-29-16-21)14-15-31(19)35(33,34)22-9-7-20(8-10-22)23(2,32)25(26,27)28/h5-10,13,16,19,32H,3-4,11-12,14-15,17-18H2,1-2H3/t19-,23?/m1/s1. The van der Waals surface area contributed by atoms with Crippen LogP contribution in [-0.4, -0.2) is 66.1 Å². The van der Waals surface area contributed by atoms with Crippen molar-refractivity contribution >= 4 is 10.0 Å².